The molecule has 0 saturated heterocycles. The topological polar surface area (TPSA) is 64.9 Å². The van der Waals surface area contributed by atoms with Gasteiger partial charge in [0.05, 0.1) is 15.6 Å². The minimum atomic E-state index is -0.514. The molecule has 0 unspecified atom stereocenters. The van der Waals surface area contributed by atoms with E-state index >= 15 is 0 Å². The molecule has 21 heavy (non-hydrogen) atoms. The van der Waals surface area contributed by atoms with Gasteiger partial charge in [0.1, 0.15) is 5.82 Å². The average Bonchev–Trinajstić information content (AvgIpc) is 2.91. The monoisotopic (exact) mass is 323 g/mol. The zero-order chi connectivity index (χ0) is 15.0. The molecule has 3 rings (SSSR count). The lowest BCUT2D eigenvalue weighted by atomic mass is 10.2. The number of anilines is 1. The Bertz CT molecular complexity index is 799. The van der Waals surface area contributed by atoms with Crippen LogP contribution in [0.15, 0.2) is 40.9 Å². The molecular weight excluding hydrogens is 316 g/mol. The van der Waals surface area contributed by atoms with E-state index in [9.17, 15) is 4.39 Å². The van der Waals surface area contributed by atoms with Crippen molar-refractivity contribution in [3.05, 3.63) is 52.3 Å². The zero-order valence-corrected chi connectivity index (χ0v) is 12.0. The van der Waals surface area contributed by atoms with E-state index in [0.29, 0.717) is 21.8 Å². The molecule has 0 atom stereocenters. The highest BCUT2D eigenvalue weighted by atomic mass is 35.5. The molecule has 7 heteroatoms. The van der Waals surface area contributed by atoms with Crippen LogP contribution in [0.4, 0.5) is 10.1 Å². The van der Waals surface area contributed by atoms with Gasteiger partial charge in [0.2, 0.25) is 5.82 Å². The van der Waals surface area contributed by atoms with Crippen LogP contribution in [0.3, 0.4) is 0 Å². The first-order valence-electron chi connectivity index (χ1n) is 5.90. The fourth-order valence-electron chi connectivity index (χ4n) is 1.84. The lowest BCUT2D eigenvalue weighted by Crippen LogP contribution is -1.91. The third-order valence-corrected chi connectivity index (χ3v) is 3.47. The molecule has 0 spiro atoms. The van der Waals surface area contributed by atoms with Crippen molar-refractivity contribution in [2.24, 2.45) is 0 Å². The van der Waals surface area contributed by atoms with Gasteiger partial charge in [0, 0.05) is 11.3 Å². The van der Waals surface area contributed by atoms with Crippen LogP contribution < -0.4 is 5.73 Å². The van der Waals surface area contributed by atoms with E-state index in [0.717, 1.165) is 0 Å². The standard InChI is InChI=1S/C14H8Cl2FN3O/c15-8-2-1-3-11(18)12(8)14-19-13(20-21-14)7-4-5-10(17)9(16)6-7/h1-6H,18H2. The van der Waals surface area contributed by atoms with Gasteiger partial charge in [-0.15, -0.1) is 0 Å². The number of nitrogens with zero attached hydrogens (tertiary/aromatic N) is 2. The Kier molecular flexibility index (Phi) is 3.53. The molecule has 4 nitrogen and oxygen atoms in total. The van der Waals surface area contributed by atoms with Gasteiger partial charge in [-0.1, -0.05) is 34.4 Å². The average molecular weight is 324 g/mol. The molecule has 2 N–H and O–H groups in total. The molecule has 3 aromatic rings. The van der Waals surface area contributed by atoms with Crippen molar-refractivity contribution in [2.75, 3.05) is 5.73 Å². The highest BCUT2D eigenvalue weighted by Gasteiger charge is 2.16. The second-order valence-corrected chi connectivity index (χ2v) is 5.07. The molecule has 0 amide bonds. The van der Waals surface area contributed by atoms with Crippen molar-refractivity contribution >= 4 is 28.9 Å². The van der Waals surface area contributed by atoms with E-state index in [2.05, 4.69) is 10.1 Å². The summed E-state index contributed by atoms with van der Waals surface area (Å²) in [6, 6.07) is 9.23. The Morgan fingerprint density at radius 1 is 1.10 bits per heavy atom. The Balaban J connectivity index is 2.06. The second-order valence-electron chi connectivity index (χ2n) is 4.26. The fourth-order valence-corrected chi connectivity index (χ4v) is 2.29. The molecule has 1 aromatic heterocycles. The highest BCUT2D eigenvalue weighted by molar-refractivity contribution is 6.33. The largest absolute Gasteiger partial charge is 0.398 e. The predicted octanol–water partition coefficient (Wildman–Crippen LogP) is 4.43. The SMILES string of the molecule is Nc1cccc(Cl)c1-c1nc(-c2ccc(F)c(Cl)c2)no1. The molecule has 0 radical (unpaired) electrons. The van der Waals surface area contributed by atoms with Gasteiger partial charge >= 0.3 is 0 Å². The summed E-state index contributed by atoms with van der Waals surface area (Å²) in [6.45, 7) is 0. The Labute approximate surface area is 129 Å². The van der Waals surface area contributed by atoms with Gasteiger partial charge in [-0.2, -0.15) is 4.98 Å². The van der Waals surface area contributed by atoms with Crippen LogP contribution in [0.5, 0.6) is 0 Å². The summed E-state index contributed by atoms with van der Waals surface area (Å²) in [7, 11) is 0. The predicted molar refractivity (Wildman–Crippen MR) is 79.6 cm³/mol. The van der Waals surface area contributed by atoms with Crippen molar-refractivity contribution in [2.45, 2.75) is 0 Å². The van der Waals surface area contributed by atoms with Crippen LogP contribution >= 0.6 is 23.2 Å². The molecule has 2 aromatic carbocycles. The van der Waals surface area contributed by atoms with Crippen LogP contribution in [-0.4, -0.2) is 10.1 Å². The number of rotatable bonds is 2. The summed E-state index contributed by atoms with van der Waals surface area (Å²) in [6.07, 6.45) is 0. The summed E-state index contributed by atoms with van der Waals surface area (Å²) in [4.78, 5) is 4.22. The number of nitrogens with two attached hydrogens (primary N) is 1. The van der Waals surface area contributed by atoms with Gasteiger partial charge < -0.3 is 10.3 Å². The minimum Gasteiger partial charge on any atom is -0.398 e. The van der Waals surface area contributed by atoms with Crippen LogP contribution in [0.1, 0.15) is 0 Å². The molecule has 0 saturated carbocycles. The van der Waals surface area contributed by atoms with Crippen molar-refractivity contribution in [3.8, 4) is 22.8 Å². The fraction of sp³-hybridized carbons (Fsp3) is 0. The molecule has 1 heterocycles. The zero-order valence-electron chi connectivity index (χ0n) is 10.5. The summed E-state index contributed by atoms with van der Waals surface area (Å²) >= 11 is 11.8. The van der Waals surface area contributed by atoms with Crippen molar-refractivity contribution in [3.63, 3.8) is 0 Å². The quantitative estimate of drug-likeness (QED) is 0.708. The number of hydrogen-bond acceptors (Lipinski definition) is 4. The summed E-state index contributed by atoms with van der Waals surface area (Å²) in [5, 5.41) is 4.22. The Morgan fingerprint density at radius 3 is 2.62 bits per heavy atom. The van der Waals surface area contributed by atoms with Crippen LogP contribution in [-0.2, 0) is 0 Å². The maximum atomic E-state index is 13.2. The van der Waals surface area contributed by atoms with Gasteiger partial charge in [-0.3, -0.25) is 0 Å². The number of benzene rings is 2. The van der Waals surface area contributed by atoms with Crippen LogP contribution in [0.25, 0.3) is 22.8 Å². The Hall–Kier alpha value is -2.11. The first kappa shape index (κ1) is 13.9. The first-order valence-corrected chi connectivity index (χ1v) is 6.65. The van der Waals surface area contributed by atoms with Crippen LogP contribution in [0.2, 0.25) is 10.0 Å². The van der Waals surface area contributed by atoms with E-state index < -0.39 is 5.82 Å². The lowest BCUT2D eigenvalue weighted by Gasteiger charge is -2.01. The van der Waals surface area contributed by atoms with Crippen LogP contribution in [0, 0.1) is 5.82 Å². The molecule has 0 bridgehead atoms. The first-order chi connectivity index (χ1) is 10.1. The van der Waals surface area contributed by atoms with E-state index in [1.54, 1.807) is 18.2 Å². The number of halogens is 3. The van der Waals surface area contributed by atoms with Gasteiger partial charge in [0.25, 0.3) is 5.89 Å². The number of nitrogen functional groups attached to an aromatic ring is 1. The molecule has 0 aliphatic heterocycles. The van der Waals surface area contributed by atoms with E-state index in [-0.39, 0.29) is 16.7 Å². The molecule has 0 aliphatic carbocycles. The number of hydrogen-bond donors (Lipinski definition) is 1. The van der Waals surface area contributed by atoms with Crippen molar-refractivity contribution in [1.29, 1.82) is 0 Å². The van der Waals surface area contributed by atoms with E-state index in [1.165, 1.54) is 18.2 Å². The molecule has 106 valence electrons. The van der Waals surface area contributed by atoms with Crippen molar-refractivity contribution in [1.82, 2.24) is 10.1 Å². The summed E-state index contributed by atoms with van der Waals surface area (Å²) < 4.78 is 18.3. The maximum Gasteiger partial charge on any atom is 0.261 e. The maximum absolute atomic E-state index is 13.2. The van der Waals surface area contributed by atoms with E-state index in [1.807, 2.05) is 0 Å². The minimum absolute atomic E-state index is 0.0175. The third-order valence-electron chi connectivity index (χ3n) is 2.86. The van der Waals surface area contributed by atoms with Crippen molar-refractivity contribution < 1.29 is 8.91 Å². The number of aromatic nitrogens is 2. The smallest absolute Gasteiger partial charge is 0.261 e. The second kappa shape index (κ2) is 5.35. The van der Waals surface area contributed by atoms with Gasteiger partial charge in [-0.05, 0) is 30.3 Å². The third kappa shape index (κ3) is 2.57. The highest BCUT2D eigenvalue weighted by Crippen LogP contribution is 2.33. The van der Waals surface area contributed by atoms with E-state index in [4.69, 9.17) is 33.5 Å². The Morgan fingerprint density at radius 2 is 1.90 bits per heavy atom. The van der Waals surface area contributed by atoms with Gasteiger partial charge in [-0.25, -0.2) is 4.39 Å². The summed E-state index contributed by atoms with van der Waals surface area (Å²) in [5.41, 5.74) is 7.28. The lowest BCUT2D eigenvalue weighted by molar-refractivity contribution is 0.432. The molecular formula is C14H8Cl2FN3O. The normalized spacial score (nSPS) is 10.8. The molecule has 0 aliphatic rings. The molecule has 0 fully saturated rings. The summed E-state index contributed by atoms with van der Waals surface area (Å²) in [5.74, 6) is -0.0562. The van der Waals surface area contributed by atoms with Gasteiger partial charge in [0.15, 0.2) is 0 Å².